The summed E-state index contributed by atoms with van der Waals surface area (Å²) in [5.41, 5.74) is 1.56. The summed E-state index contributed by atoms with van der Waals surface area (Å²) in [5.74, 6) is -1.37. The van der Waals surface area contributed by atoms with Crippen molar-refractivity contribution in [2.24, 2.45) is 0 Å². The molecule has 3 aromatic heterocycles. The van der Waals surface area contributed by atoms with Crippen molar-refractivity contribution in [1.82, 2.24) is 29.5 Å². The maximum absolute atomic E-state index is 11.0. The number of hydrogen-bond acceptors (Lipinski definition) is 6. The number of nitrogens with zero attached hydrogens (tertiary/aromatic N) is 6. The molecule has 136 valence electrons. The molecule has 9 nitrogen and oxygen atoms in total. The normalized spacial score (nSPS) is 12.4. The van der Waals surface area contributed by atoms with E-state index in [9.17, 15) is 9.90 Å². The zero-order valence-electron chi connectivity index (χ0n) is 14.0. The summed E-state index contributed by atoms with van der Waals surface area (Å²) in [7, 11) is 0. The van der Waals surface area contributed by atoms with Gasteiger partial charge in [0.25, 0.3) is 5.95 Å². The van der Waals surface area contributed by atoms with Gasteiger partial charge in [-0.05, 0) is 18.6 Å². The van der Waals surface area contributed by atoms with Crippen LogP contribution in [0, 0.1) is 0 Å². The van der Waals surface area contributed by atoms with Crippen molar-refractivity contribution in [2.45, 2.75) is 13.0 Å². The molecule has 0 unspecified atom stereocenters. The van der Waals surface area contributed by atoms with Gasteiger partial charge in [0.05, 0.1) is 24.0 Å². The molecule has 0 bridgehead atoms. The largest absolute Gasteiger partial charge is 0.492 e. The number of carboxylic acids is 1. The van der Waals surface area contributed by atoms with Crippen molar-refractivity contribution in [3.05, 3.63) is 59.0 Å². The molecule has 27 heavy (non-hydrogen) atoms. The van der Waals surface area contributed by atoms with Crippen LogP contribution in [0.2, 0.25) is 5.02 Å². The Hall–Kier alpha value is -3.46. The molecule has 1 aromatic carbocycles. The second-order valence-electron chi connectivity index (χ2n) is 5.85. The summed E-state index contributed by atoms with van der Waals surface area (Å²) in [5, 5.41) is 28.3. The Morgan fingerprint density at radius 1 is 1.19 bits per heavy atom. The number of aromatic carboxylic acids is 1. The summed E-state index contributed by atoms with van der Waals surface area (Å²) < 4.78 is 2.76. The van der Waals surface area contributed by atoms with Crippen LogP contribution in [0.25, 0.3) is 17.0 Å². The Kier molecular flexibility index (Phi) is 4.00. The maximum atomic E-state index is 11.0. The highest BCUT2D eigenvalue weighted by Crippen LogP contribution is 2.30. The van der Waals surface area contributed by atoms with Crippen molar-refractivity contribution in [1.29, 1.82) is 0 Å². The molecule has 1 atom stereocenters. The molecule has 0 saturated heterocycles. The predicted octanol–water partition coefficient (Wildman–Crippen LogP) is 2.68. The summed E-state index contributed by atoms with van der Waals surface area (Å²) >= 11 is 6.27. The molecule has 4 rings (SSSR count). The van der Waals surface area contributed by atoms with E-state index in [0.29, 0.717) is 16.1 Å². The number of benzene rings is 1. The van der Waals surface area contributed by atoms with Crippen molar-refractivity contribution >= 4 is 28.6 Å². The maximum Gasteiger partial charge on any atom is 0.338 e. The Morgan fingerprint density at radius 3 is 2.67 bits per heavy atom. The lowest BCUT2D eigenvalue weighted by Crippen LogP contribution is -2.10. The standard InChI is InChI=1S/C17H13ClN6O3/c1-9(11-4-2-3-5-12(11)18)24-14-13(7-20-24)21-17(22-15(14)25)23-8-10(6-19-23)16(26)27/h2-9H,1H3,(H,26,27)(H,21,22,25)/t9-/m0/s1. The smallest absolute Gasteiger partial charge is 0.338 e. The second kappa shape index (κ2) is 6.36. The monoisotopic (exact) mass is 384 g/mol. The van der Waals surface area contributed by atoms with Gasteiger partial charge in [-0.1, -0.05) is 29.8 Å². The first-order chi connectivity index (χ1) is 13.0. The quantitative estimate of drug-likeness (QED) is 0.555. The fraction of sp³-hybridized carbons (Fsp3) is 0.118. The van der Waals surface area contributed by atoms with E-state index in [1.165, 1.54) is 23.3 Å². The fourth-order valence-electron chi connectivity index (χ4n) is 2.82. The number of halogens is 1. The van der Waals surface area contributed by atoms with Crippen LogP contribution in [-0.4, -0.2) is 45.7 Å². The van der Waals surface area contributed by atoms with E-state index in [1.54, 1.807) is 10.7 Å². The lowest BCUT2D eigenvalue weighted by atomic mass is 10.1. The van der Waals surface area contributed by atoms with Crippen LogP contribution in [0.4, 0.5) is 0 Å². The van der Waals surface area contributed by atoms with E-state index >= 15 is 0 Å². The van der Waals surface area contributed by atoms with Gasteiger partial charge in [-0.25, -0.2) is 14.5 Å². The first-order valence-corrected chi connectivity index (χ1v) is 8.30. The average molecular weight is 385 g/mol. The summed E-state index contributed by atoms with van der Waals surface area (Å²) in [6, 6.07) is 7.10. The van der Waals surface area contributed by atoms with E-state index in [2.05, 4.69) is 20.2 Å². The highest BCUT2D eigenvalue weighted by Gasteiger charge is 2.20. The molecular weight excluding hydrogens is 372 g/mol. The van der Waals surface area contributed by atoms with Crippen LogP contribution in [0.1, 0.15) is 28.9 Å². The van der Waals surface area contributed by atoms with E-state index < -0.39 is 5.97 Å². The molecule has 0 aliphatic carbocycles. The Morgan fingerprint density at radius 2 is 1.96 bits per heavy atom. The van der Waals surface area contributed by atoms with Crippen molar-refractivity contribution in [3.63, 3.8) is 0 Å². The molecule has 0 saturated carbocycles. The molecular formula is C17H13ClN6O3. The van der Waals surface area contributed by atoms with Crippen molar-refractivity contribution in [2.75, 3.05) is 0 Å². The number of carboxylic acid groups (broad SMARTS) is 1. The number of fused-ring (bicyclic) bond motifs is 1. The van der Waals surface area contributed by atoms with Gasteiger partial charge in [0, 0.05) is 11.2 Å². The molecule has 0 amide bonds. The third-order valence-electron chi connectivity index (χ3n) is 4.17. The molecule has 0 fully saturated rings. The van der Waals surface area contributed by atoms with Gasteiger partial charge in [0.2, 0.25) is 5.88 Å². The van der Waals surface area contributed by atoms with E-state index in [-0.39, 0.29) is 23.4 Å². The van der Waals surface area contributed by atoms with Crippen LogP contribution < -0.4 is 0 Å². The van der Waals surface area contributed by atoms with Crippen LogP contribution in [-0.2, 0) is 0 Å². The van der Waals surface area contributed by atoms with Crippen LogP contribution in [0.3, 0.4) is 0 Å². The van der Waals surface area contributed by atoms with Gasteiger partial charge < -0.3 is 10.2 Å². The lowest BCUT2D eigenvalue weighted by molar-refractivity contribution is 0.0697. The van der Waals surface area contributed by atoms with Crippen LogP contribution >= 0.6 is 11.6 Å². The van der Waals surface area contributed by atoms with E-state index in [4.69, 9.17) is 16.7 Å². The van der Waals surface area contributed by atoms with Crippen molar-refractivity contribution in [3.8, 4) is 11.8 Å². The lowest BCUT2D eigenvalue weighted by Gasteiger charge is -2.15. The number of aromatic hydroxyl groups is 1. The zero-order chi connectivity index (χ0) is 19.1. The third-order valence-corrected chi connectivity index (χ3v) is 4.52. The van der Waals surface area contributed by atoms with Crippen LogP contribution in [0.15, 0.2) is 42.9 Å². The van der Waals surface area contributed by atoms with Crippen molar-refractivity contribution < 1.29 is 15.0 Å². The molecule has 0 radical (unpaired) electrons. The molecule has 10 heteroatoms. The number of carbonyl (C=O) groups is 1. The minimum atomic E-state index is -1.12. The minimum Gasteiger partial charge on any atom is -0.492 e. The summed E-state index contributed by atoms with van der Waals surface area (Å²) in [4.78, 5) is 19.3. The fourth-order valence-corrected chi connectivity index (χ4v) is 3.11. The van der Waals surface area contributed by atoms with E-state index in [1.807, 2.05) is 25.1 Å². The number of hydrogen-bond donors (Lipinski definition) is 2. The molecule has 0 spiro atoms. The number of rotatable bonds is 4. The SMILES string of the molecule is C[C@@H](c1ccccc1Cl)n1ncc2nc(-n3cc(C(=O)O)cn3)nc(O)c21. The minimum absolute atomic E-state index is 0.0128. The van der Waals surface area contributed by atoms with Gasteiger partial charge in [0.1, 0.15) is 11.0 Å². The van der Waals surface area contributed by atoms with Gasteiger partial charge in [-0.15, -0.1) is 0 Å². The van der Waals surface area contributed by atoms with E-state index in [0.717, 1.165) is 5.56 Å². The van der Waals surface area contributed by atoms with Gasteiger partial charge >= 0.3 is 5.97 Å². The molecule has 0 aliphatic rings. The topological polar surface area (TPSA) is 119 Å². The van der Waals surface area contributed by atoms with Gasteiger partial charge in [0.15, 0.2) is 0 Å². The highest BCUT2D eigenvalue weighted by atomic mass is 35.5. The molecule has 0 aliphatic heterocycles. The Labute approximate surface area is 157 Å². The summed E-state index contributed by atoms with van der Waals surface area (Å²) in [6.45, 7) is 1.90. The molecule has 2 N–H and O–H groups in total. The molecule has 4 aromatic rings. The van der Waals surface area contributed by atoms with Gasteiger partial charge in [-0.2, -0.15) is 15.2 Å². The zero-order valence-corrected chi connectivity index (χ0v) is 14.7. The Bertz CT molecular complexity index is 1170. The summed E-state index contributed by atoms with van der Waals surface area (Å²) in [6.07, 6.45) is 3.94. The highest BCUT2D eigenvalue weighted by molar-refractivity contribution is 6.31. The first-order valence-electron chi connectivity index (χ1n) is 7.92. The predicted molar refractivity (Wildman–Crippen MR) is 96.3 cm³/mol. The van der Waals surface area contributed by atoms with Gasteiger partial charge in [-0.3, -0.25) is 4.68 Å². The number of aromatic nitrogens is 6. The van der Waals surface area contributed by atoms with Crippen LogP contribution in [0.5, 0.6) is 5.88 Å². The first kappa shape index (κ1) is 17.0. The second-order valence-corrected chi connectivity index (χ2v) is 6.25. The third kappa shape index (κ3) is 2.87. The average Bonchev–Trinajstić information content (AvgIpc) is 3.29. The Balaban J connectivity index is 1.80. The molecule has 3 heterocycles.